The first-order valence-electron chi connectivity index (χ1n) is 9.56. The summed E-state index contributed by atoms with van der Waals surface area (Å²) in [6.45, 7) is 8.09. The number of rotatable bonds is 8. The van der Waals surface area contributed by atoms with Gasteiger partial charge in [-0.25, -0.2) is 17.6 Å². The van der Waals surface area contributed by atoms with Gasteiger partial charge in [0.05, 0.1) is 24.6 Å². The van der Waals surface area contributed by atoms with Gasteiger partial charge in [0.15, 0.2) is 0 Å². The molecule has 0 aliphatic rings. The zero-order valence-corrected chi connectivity index (χ0v) is 17.9. The molecule has 0 aliphatic heterocycles. The quantitative estimate of drug-likeness (QED) is 0.489. The van der Waals surface area contributed by atoms with Gasteiger partial charge in [0.1, 0.15) is 18.1 Å². The van der Waals surface area contributed by atoms with Crippen molar-refractivity contribution in [2.24, 2.45) is 11.7 Å². The minimum absolute atomic E-state index is 0.0638. The minimum atomic E-state index is -2.80. The third-order valence-corrected chi connectivity index (χ3v) is 3.66. The van der Waals surface area contributed by atoms with Crippen molar-refractivity contribution < 1.29 is 26.7 Å². The first-order valence-corrected chi connectivity index (χ1v) is 9.56. The summed E-state index contributed by atoms with van der Waals surface area (Å²) >= 11 is 0. The smallest absolute Gasteiger partial charge is 0.280 e. The van der Waals surface area contributed by atoms with E-state index in [4.69, 9.17) is 10.5 Å². The van der Waals surface area contributed by atoms with E-state index in [1.54, 1.807) is 0 Å². The summed E-state index contributed by atoms with van der Waals surface area (Å²) in [6.07, 6.45) is -2.50. The van der Waals surface area contributed by atoms with E-state index in [2.05, 4.69) is 9.97 Å². The highest BCUT2D eigenvalue weighted by Gasteiger charge is 2.18. The fourth-order valence-corrected chi connectivity index (χ4v) is 2.50. The van der Waals surface area contributed by atoms with Crippen molar-refractivity contribution in [1.29, 1.82) is 0 Å². The lowest BCUT2D eigenvalue weighted by atomic mass is 10.1. The highest BCUT2D eigenvalue weighted by atomic mass is 19.3. The molecule has 0 saturated heterocycles. The molecule has 2 rings (SSSR count). The van der Waals surface area contributed by atoms with Crippen LogP contribution in [0.5, 0.6) is 5.75 Å². The Morgan fingerprint density at radius 2 is 1.63 bits per heavy atom. The summed E-state index contributed by atoms with van der Waals surface area (Å²) in [5.74, 6) is 0.297. The van der Waals surface area contributed by atoms with Gasteiger partial charge in [-0.15, -0.1) is 0 Å². The van der Waals surface area contributed by atoms with E-state index in [0.717, 1.165) is 12.1 Å². The maximum absolute atomic E-state index is 13.4. The van der Waals surface area contributed by atoms with E-state index >= 15 is 0 Å². The summed E-state index contributed by atoms with van der Waals surface area (Å²) in [5, 5.41) is 0. The van der Waals surface area contributed by atoms with Crippen molar-refractivity contribution in [3.8, 4) is 17.0 Å². The van der Waals surface area contributed by atoms with Crippen LogP contribution in [-0.2, 0) is 0 Å². The molecule has 0 aliphatic carbocycles. The number of hydrogen-bond donors (Lipinski definition) is 1. The number of aromatic nitrogens is 2. The number of nitrogens with two attached hydrogens (primary N) is 1. The SMILES string of the molecule is CC.CC(C)CC(N)COc1cnc(-c2ccnc(C(F)F)c2)cc1C(F)F.CF. The molecule has 0 radical (unpaired) electrons. The summed E-state index contributed by atoms with van der Waals surface area (Å²) in [6, 6.07) is 3.41. The van der Waals surface area contributed by atoms with E-state index < -0.39 is 18.5 Å². The van der Waals surface area contributed by atoms with Crippen LogP contribution in [0.2, 0.25) is 0 Å². The predicted octanol–water partition coefficient (Wildman–Crippen LogP) is 6.38. The Bertz CT molecular complexity index is 730. The van der Waals surface area contributed by atoms with Crippen LogP contribution in [0.3, 0.4) is 0 Å². The van der Waals surface area contributed by atoms with Crippen LogP contribution >= 0.6 is 0 Å². The number of alkyl halides is 5. The zero-order chi connectivity index (χ0) is 23.3. The first kappa shape index (κ1) is 27.7. The lowest BCUT2D eigenvalue weighted by Gasteiger charge is -2.17. The van der Waals surface area contributed by atoms with Crippen molar-refractivity contribution in [3.05, 3.63) is 41.9 Å². The molecular formula is C21H30F5N3O. The van der Waals surface area contributed by atoms with Crippen molar-refractivity contribution in [2.75, 3.05) is 13.8 Å². The molecule has 2 aromatic rings. The molecule has 2 heterocycles. The normalized spacial score (nSPS) is 11.5. The average molecular weight is 435 g/mol. The second-order valence-electron chi connectivity index (χ2n) is 6.38. The Balaban J connectivity index is 0.00000198. The molecule has 170 valence electrons. The molecule has 2 N–H and O–H groups in total. The monoisotopic (exact) mass is 435 g/mol. The highest BCUT2D eigenvalue weighted by molar-refractivity contribution is 5.61. The van der Waals surface area contributed by atoms with E-state index in [-0.39, 0.29) is 35.2 Å². The van der Waals surface area contributed by atoms with Crippen LogP contribution in [0.25, 0.3) is 11.3 Å². The zero-order valence-electron chi connectivity index (χ0n) is 17.9. The molecule has 1 atom stereocenters. The number of halogens is 5. The molecule has 30 heavy (non-hydrogen) atoms. The Hall–Kier alpha value is -2.29. The van der Waals surface area contributed by atoms with E-state index in [1.807, 2.05) is 27.7 Å². The first-order chi connectivity index (χ1) is 14.3. The van der Waals surface area contributed by atoms with E-state index in [9.17, 15) is 22.0 Å². The van der Waals surface area contributed by atoms with Gasteiger partial charge in [0.2, 0.25) is 0 Å². The van der Waals surface area contributed by atoms with Gasteiger partial charge >= 0.3 is 0 Å². The second kappa shape index (κ2) is 14.7. The van der Waals surface area contributed by atoms with Crippen LogP contribution in [-0.4, -0.2) is 29.8 Å². The fraction of sp³-hybridized carbons (Fsp3) is 0.524. The number of hydrogen-bond acceptors (Lipinski definition) is 4. The van der Waals surface area contributed by atoms with Crippen LogP contribution in [0.1, 0.15) is 58.2 Å². The van der Waals surface area contributed by atoms with Crippen LogP contribution in [0, 0.1) is 5.92 Å². The Morgan fingerprint density at radius 1 is 1.00 bits per heavy atom. The molecule has 0 fully saturated rings. The van der Waals surface area contributed by atoms with Crippen molar-refractivity contribution in [1.82, 2.24) is 9.97 Å². The standard InChI is InChI=1S/C18H21F4N3O.C2H6.CH3F/c1-10(2)5-12(23)9-26-16-8-25-14(7-13(16)17(19)20)11-3-4-24-15(6-11)18(21)22;2*1-2/h3-4,6-8,10,12,17-18H,5,9,23H2,1-2H3;1-2H3;1H3. The van der Waals surface area contributed by atoms with Crippen LogP contribution in [0.4, 0.5) is 22.0 Å². The highest BCUT2D eigenvalue weighted by Crippen LogP contribution is 2.32. The summed E-state index contributed by atoms with van der Waals surface area (Å²) in [7, 11) is 0.500. The predicted molar refractivity (Wildman–Crippen MR) is 109 cm³/mol. The molecule has 0 saturated carbocycles. The van der Waals surface area contributed by atoms with E-state index in [1.165, 1.54) is 18.5 Å². The van der Waals surface area contributed by atoms with Crippen molar-refractivity contribution >= 4 is 0 Å². The van der Waals surface area contributed by atoms with Crippen molar-refractivity contribution in [3.63, 3.8) is 0 Å². The lowest BCUT2D eigenvalue weighted by Crippen LogP contribution is -2.29. The van der Waals surface area contributed by atoms with Gasteiger partial charge in [-0.05, 0) is 30.5 Å². The summed E-state index contributed by atoms with van der Waals surface area (Å²) in [4.78, 5) is 7.61. The van der Waals surface area contributed by atoms with Crippen molar-refractivity contribution in [2.45, 2.75) is 53.0 Å². The van der Waals surface area contributed by atoms with Gasteiger partial charge in [-0.3, -0.25) is 14.4 Å². The Labute approximate surface area is 174 Å². The molecule has 0 aromatic carbocycles. The summed E-state index contributed by atoms with van der Waals surface area (Å²) < 4.78 is 67.2. The Kier molecular flexibility index (Phi) is 13.5. The number of nitrogens with zero attached hydrogens (tertiary/aromatic N) is 2. The maximum Gasteiger partial charge on any atom is 0.280 e. The molecule has 0 amide bonds. The average Bonchev–Trinajstić information content (AvgIpc) is 2.74. The molecule has 9 heteroatoms. The molecule has 0 spiro atoms. The van der Waals surface area contributed by atoms with Crippen LogP contribution in [0.15, 0.2) is 30.6 Å². The minimum Gasteiger partial charge on any atom is -0.490 e. The molecule has 0 bridgehead atoms. The van der Waals surface area contributed by atoms with Gasteiger partial charge < -0.3 is 10.5 Å². The van der Waals surface area contributed by atoms with Gasteiger partial charge in [-0.2, -0.15) is 0 Å². The topological polar surface area (TPSA) is 61.0 Å². The van der Waals surface area contributed by atoms with Gasteiger partial charge in [-0.1, -0.05) is 27.7 Å². The molecule has 4 nitrogen and oxygen atoms in total. The van der Waals surface area contributed by atoms with Gasteiger partial charge in [0.25, 0.3) is 12.9 Å². The molecular weight excluding hydrogens is 405 g/mol. The lowest BCUT2D eigenvalue weighted by molar-refractivity contribution is 0.143. The molecule has 1 unspecified atom stereocenters. The third kappa shape index (κ3) is 9.02. The fourth-order valence-electron chi connectivity index (χ4n) is 2.50. The summed E-state index contributed by atoms with van der Waals surface area (Å²) in [5.41, 5.74) is 5.52. The maximum atomic E-state index is 13.4. The van der Waals surface area contributed by atoms with Crippen LogP contribution < -0.4 is 10.5 Å². The number of pyridine rings is 2. The second-order valence-corrected chi connectivity index (χ2v) is 6.38. The Morgan fingerprint density at radius 3 is 2.17 bits per heavy atom. The molecule has 2 aromatic heterocycles. The van der Waals surface area contributed by atoms with Gasteiger partial charge in [0, 0.05) is 17.8 Å². The third-order valence-electron chi connectivity index (χ3n) is 3.66. The largest absolute Gasteiger partial charge is 0.490 e. The van der Waals surface area contributed by atoms with E-state index in [0.29, 0.717) is 19.5 Å². The number of ether oxygens (including phenoxy) is 1.